The van der Waals surface area contributed by atoms with Crippen LogP contribution in [0.5, 0.6) is 0 Å². The molecule has 0 radical (unpaired) electrons. The van der Waals surface area contributed by atoms with Gasteiger partial charge >= 0.3 is 0 Å². The Hall–Kier alpha value is -3.07. The van der Waals surface area contributed by atoms with Crippen molar-refractivity contribution >= 4 is 40.1 Å². The molecule has 0 aliphatic carbocycles. The highest BCUT2D eigenvalue weighted by Gasteiger charge is 2.19. The van der Waals surface area contributed by atoms with Crippen molar-refractivity contribution in [2.75, 3.05) is 56.5 Å². The van der Waals surface area contributed by atoms with Crippen LogP contribution in [0.4, 0.5) is 11.5 Å². The zero-order chi connectivity index (χ0) is 20.9. The summed E-state index contributed by atoms with van der Waals surface area (Å²) in [5.74, 6) is 1.71. The highest BCUT2D eigenvalue weighted by atomic mass is 35.5. The largest absolute Gasteiger partial charge is 0.368 e. The van der Waals surface area contributed by atoms with Crippen molar-refractivity contribution < 1.29 is 0 Å². The Balaban J connectivity index is 1.26. The number of fused-ring (bicyclic) bond motifs is 1. The van der Waals surface area contributed by atoms with Crippen LogP contribution in [0.1, 0.15) is 0 Å². The second kappa shape index (κ2) is 9.17. The Bertz CT molecular complexity index is 1020. The summed E-state index contributed by atoms with van der Waals surface area (Å²) < 4.78 is 1.74. The summed E-state index contributed by atoms with van der Waals surface area (Å²) in [7, 11) is 3.69. The quantitative estimate of drug-likeness (QED) is 0.365. The van der Waals surface area contributed by atoms with Crippen LogP contribution in [0.15, 0.2) is 41.8 Å². The van der Waals surface area contributed by atoms with E-state index < -0.39 is 0 Å². The van der Waals surface area contributed by atoms with Crippen molar-refractivity contribution in [1.82, 2.24) is 30.0 Å². The Kier molecular flexibility index (Phi) is 6.18. The van der Waals surface area contributed by atoms with Gasteiger partial charge in [0.1, 0.15) is 12.1 Å². The summed E-state index contributed by atoms with van der Waals surface area (Å²) >= 11 is 6.13. The maximum Gasteiger partial charge on any atom is 0.193 e. The van der Waals surface area contributed by atoms with Crippen molar-refractivity contribution in [3.8, 4) is 0 Å². The van der Waals surface area contributed by atoms with E-state index in [0.717, 1.165) is 60.6 Å². The third kappa shape index (κ3) is 4.40. The zero-order valence-corrected chi connectivity index (χ0v) is 18.0. The molecule has 2 aromatic heterocycles. The molecule has 0 saturated carbocycles. The van der Waals surface area contributed by atoms with Crippen LogP contribution in [-0.4, -0.2) is 76.9 Å². The monoisotopic (exact) mass is 427 g/mol. The lowest BCUT2D eigenvalue weighted by molar-refractivity contribution is 0.373. The summed E-state index contributed by atoms with van der Waals surface area (Å²) in [5.41, 5.74) is 1.98. The fourth-order valence-electron chi connectivity index (χ4n) is 3.64. The number of anilines is 2. The van der Waals surface area contributed by atoms with Gasteiger partial charge in [0.25, 0.3) is 0 Å². The summed E-state index contributed by atoms with van der Waals surface area (Å²) in [6.07, 6.45) is 3.33. The van der Waals surface area contributed by atoms with Crippen molar-refractivity contribution in [3.63, 3.8) is 0 Å². The topological polar surface area (TPSA) is 86.5 Å². The molecule has 30 heavy (non-hydrogen) atoms. The number of benzene rings is 1. The summed E-state index contributed by atoms with van der Waals surface area (Å²) in [6, 6.07) is 8.02. The van der Waals surface area contributed by atoms with Gasteiger partial charge in [-0.2, -0.15) is 5.10 Å². The lowest BCUT2D eigenvalue weighted by atomic mass is 10.2. The molecule has 1 fully saturated rings. The number of guanidine groups is 1. The van der Waals surface area contributed by atoms with Crippen molar-refractivity contribution in [3.05, 3.63) is 41.8 Å². The molecule has 2 N–H and O–H groups in total. The molecular weight excluding hydrogens is 402 g/mol. The van der Waals surface area contributed by atoms with Gasteiger partial charge in [-0.1, -0.05) is 17.7 Å². The molecule has 1 aliphatic rings. The lowest BCUT2D eigenvalue weighted by Crippen LogP contribution is -2.53. The number of hydrogen-bond donors (Lipinski definition) is 2. The first kappa shape index (κ1) is 20.2. The molecule has 1 aliphatic heterocycles. The van der Waals surface area contributed by atoms with E-state index in [0.29, 0.717) is 6.54 Å². The van der Waals surface area contributed by atoms with E-state index in [2.05, 4.69) is 46.6 Å². The molecule has 0 bridgehead atoms. The van der Waals surface area contributed by atoms with E-state index in [1.807, 2.05) is 32.3 Å². The fraction of sp³-hybridized carbons (Fsp3) is 0.400. The van der Waals surface area contributed by atoms with Gasteiger partial charge in [-0.3, -0.25) is 9.67 Å². The fourth-order valence-corrected chi connectivity index (χ4v) is 3.82. The number of hydrogen-bond acceptors (Lipinski definition) is 6. The number of piperazine rings is 1. The van der Waals surface area contributed by atoms with Gasteiger partial charge in [0, 0.05) is 64.1 Å². The van der Waals surface area contributed by atoms with Gasteiger partial charge in [-0.15, -0.1) is 0 Å². The van der Waals surface area contributed by atoms with Crippen LogP contribution in [0, 0.1) is 0 Å². The van der Waals surface area contributed by atoms with E-state index >= 15 is 0 Å². The van der Waals surface area contributed by atoms with E-state index in [4.69, 9.17) is 11.6 Å². The van der Waals surface area contributed by atoms with E-state index in [1.165, 1.54) is 5.69 Å². The molecule has 3 aromatic rings. The molecule has 158 valence electrons. The molecule has 0 unspecified atom stereocenters. The van der Waals surface area contributed by atoms with Crippen LogP contribution in [0.3, 0.4) is 0 Å². The molecule has 9 nitrogen and oxygen atoms in total. The highest BCUT2D eigenvalue weighted by Crippen LogP contribution is 2.21. The molecule has 0 atom stereocenters. The maximum atomic E-state index is 6.13. The van der Waals surface area contributed by atoms with Gasteiger partial charge in [-0.25, -0.2) is 9.97 Å². The molecule has 10 heteroatoms. The van der Waals surface area contributed by atoms with Gasteiger partial charge in [0.2, 0.25) is 0 Å². The van der Waals surface area contributed by atoms with Crippen LogP contribution in [-0.2, 0) is 7.05 Å². The first-order valence-corrected chi connectivity index (χ1v) is 10.4. The Morgan fingerprint density at radius 2 is 2.00 bits per heavy atom. The minimum atomic E-state index is 0.711. The number of aliphatic imine (C=N–C) groups is 1. The normalized spacial score (nSPS) is 15.0. The number of rotatable bonds is 5. The molecule has 0 spiro atoms. The smallest absolute Gasteiger partial charge is 0.193 e. The minimum absolute atomic E-state index is 0.711. The molecule has 3 heterocycles. The van der Waals surface area contributed by atoms with Gasteiger partial charge in [-0.05, 0) is 18.2 Å². The predicted octanol–water partition coefficient (Wildman–Crippen LogP) is 1.83. The van der Waals surface area contributed by atoms with E-state index in [1.54, 1.807) is 17.2 Å². The van der Waals surface area contributed by atoms with Crippen molar-refractivity contribution in [2.24, 2.45) is 12.0 Å². The Labute approximate surface area is 180 Å². The predicted molar refractivity (Wildman–Crippen MR) is 121 cm³/mol. The second-order valence-electron chi connectivity index (χ2n) is 7.08. The molecule has 1 saturated heterocycles. The summed E-state index contributed by atoms with van der Waals surface area (Å²) in [6.45, 7) is 5.11. The second-order valence-corrected chi connectivity index (χ2v) is 7.52. The average Bonchev–Trinajstić information content (AvgIpc) is 3.16. The van der Waals surface area contributed by atoms with Gasteiger partial charge in [0.05, 0.1) is 11.6 Å². The van der Waals surface area contributed by atoms with Gasteiger partial charge in [0.15, 0.2) is 11.6 Å². The third-order valence-electron chi connectivity index (χ3n) is 5.19. The standard InChI is InChI=1S/C20H26ClN9/c1-22-20(30-10-8-29(9-11-30)16-5-3-4-15(21)12-16)24-7-6-23-18-17-13-27-28(2)19(17)26-14-25-18/h3-5,12-14H,6-11H2,1-2H3,(H,22,24)(H,23,25,26). The number of halogens is 1. The number of aryl methyl sites for hydroxylation is 1. The van der Waals surface area contributed by atoms with Crippen LogP contribution in [0.25, 0.3) is 11.0 Å². The lowest BCUT2D eigenvalue weighted by Gasteiger charge is -2.37. The average molecular weight is 428 g/mol. The first-order valence-electron chi connectivity index (χ1n) is 9.98. The van der Waals surface area contributed by atoms with Crippen LogP contribution >= 0.6 is 11.6 Å². The SMILES string of the molecule is CN=C(NCCNc1ncnc2c1cnn2C)N1CCN(c2cccc(Cl)c2)CC1. The third-order valence-corrected chi connectivity index (χ3v) is 5.43. The Morgan fingerprint density at radius 1 is 1.17 bits per heavy atom. The molecule has 4 rings (SSSR count). The van der Waals surface area contributed by atoms with Crippen LogP contribution in [0.2, 0.25) is 5.02 Å². The van der Waals surface area contributed by atoms with E-state index in [-0.39, 0.29) is 0 Å². The van der Waals surface area contributed by atoms with E-state index in [9.17, 15) is 0 Å². The van der Waals surface area contributed by atoms with Crippen molar-refractivity contribution in [1.29, 1.82) is 0 Å². The Morgan fingerprint density at radius 3 is 2.77 bits per heavy atom. The van der Waals surface area contributed by atoms with Gasteiger partial charge < -0.3 is 20.4 Å². The highest BCUT2D eigenvalue weighted by molar-refractivity contribution is 6.30. The van der Waals surface area contributed by atoms with Crippen molar-refractivity contribution in [2.45, 2.75) is 0 Å². The number of aromatic nitrogens is 4. The first-order chi connectivity index (χ1) is 14.7. The number of nitrogens with one attached hydrogen (secondary N) is 2. The minimum Gasteiger partial charge on any atom is -0.368 e. The maximum absolute atomic E-state index is 6.13. The number of nitrogens with zero attached hydrogens (tertiary/aromatic N) is 7. The summed E-state index contributed by atoms with van der Waals surface area (Å²) in [5, 5.41) is 12.7. The van der Waals surface area contributed by atoms with Crippen LogP contribution < -0.4 is 15.5 Å². The summed E-state index contributed by atoms with van der Waals surface area (Å²) in [4.78, 5) is 17.7. The zero-order valence-electron chi connectivity index (χ0n) is 17.2. The molecule has 1 aromatic carbocycles. The molecule has 0 amide bonds. The molecular formula is C20H26ClN9.